The number of anilines is 2. The van der Waals surface area contributed by atoms with E-state index in [-0.39, 0.29) is 5.02 Å². The van der Waals surface area contributed by atoms with Crippen molar-refractivity contribution in [3.05, 3.63) is 59.1 Å². The lowest BCUT2D eigenvalue weighted by molar-refractivity contribution is 0.628. The standard InChI is InChI=1S/C18H15ClFN7/c1-27-16(21)14-15(10-5-6-13(20)12(19)8-10)24-18(25-17(14)26-27)23-9-11-4-2-3-7-22-11/h2-8H,9,21H2,1H3,(H,23,25,26). The van der Waals surface area contributed by atoms with Crippen LogP contribution in [0, 0.1) is 5.82 Å². The minimum Gasteiger partial charge on any atom is -0.383 e. The Balaban J connectivity index is 1.81. The van der Waals surface area contributed by atoms with E-state index >= 15 is 0 Å². The molecule has 0 saturated heterocycles. The zero-order chi connectivity index (χ0) is 19.0. The van der Waals surface area contributed by atoms with Gasteiger partial charge in [0.25, 0.3) is 0 Å². The average molecular weight is 384 g/mol. The summed E-state index contributed by atoms with van der Waals surface area (Å²) in [5.41, 5.74) is 8.56. The molecule has 0 aliphatic carbocycles. The number of nitrogens with one attached hydrogen (secondary N) is 1. The van der Waals surface area contributed by atoms with E-state index in [9.17, 15) is 4.39 Å². The number of nitrogens with zero attached hydrogens (tertiary/aromatic N) is 5. The van der Waals surface area contributed by atoms with Crippen LogP contribution in [0.15, 0.2) is 42.6 Å². The Labute approximate surface area is 159 Å². The van der Waals surface area contributed by atoms with Crippen molar-refractivity contribution >= 4 is 34.4 Å². The van der Waals surface area contributed by atoms with Gasteiger partial charge in [-0.15, -0.1) is 0 Å². The van der Waals surface area contributed by atoms with E-state index in [1.54, 1.807) is 19.3 Å². The molecule has 136 valence electrons. The molecule has 0 amide bonds. The smallest absolute Gasteiger partial charge is 0.225 e. The highest BCUT2D eigenvalue weighted by atomic mass is 35.5. The van der Waals surface area contributed by atoms with Crippen molar-refractivity contribution in [2.45, 2.75) is 6.54 Å². The van der Waals surface area contributed by atoms with Crippen LogP contribution in [-0.2, 0) is 13.6 Å². The van der Waals surface area contributed by atoms with Crippen LogP contribution >= 0.6 is 11.6 Å². The lowest BCUT2D eigenvalue weighted by Gasteiger charge is -2.09. The first-order valence-corrected chi connectivity index (χ1v) is 8.50. The van der Waals surface area contributed by atoms with Crippen LogP contribution in [0.3, 0.4) is 0 Å². The number of aryl methyl sites for hydroxylation is 1. The number of pyridine rings is 1. The fourth-order valence-corrected chi connectivity index (χ4v) is 2.90. The summed E-state index contributed by atoms with van der Waals surface area (Å²) >= 11 is 5.95. The van der Waals surface area contributed by atoms with Gasteiger partial charge in [-0.3, -0.25) is 9.67 Å². The number of hydrogen-bond acceptors (Lipinski definition) is 6. The molecule has 0 fully saturated rings. The van der Waals surface area contributed by atoms with Crippen LogP contribution in [0.2, 0.25) is 5.02 Å². The molecule has 3 heterocycles. The van der Waals surface area contributed by atoms with E-state index in [2.05, 4.69) is 25.4 Å². The van der Waals surface area contributed by atoms with Crippen molar-refractivity contribution in [2.75, 3.05) is 11.1 Å². The maximum absolute atomic E-state index is 13.6. The van der Waals surface area contributed by atoms with E-state index in [0.29, 0.717) is 40.6 Å². The van der Waals surface area contributed by atoms with Crippen LogP contribution in [0.25, 0.3) is 22.3 Å². The lowest BCUT2D eigenvalue weighted by Crippen LogP contribution is -2.06. The van der Waals surface area contributed by atoms with Gasteiger partial charge in [0.05, 0.1) is 28.3 Å². The summed E-state index contributed by atoms with van der Waals surface area (Å²) in [6.45, 7) is 0.443. The first-order valence-electron chi connectivity index (χ1n) is 8.12. The number of benzene rings is 1. The second-order valence-electron chi connectivity index (χ2n) is 5.91. The van der Waals surface area contributed by atoms with Gasteiger partial charge in [0, 0.05) is 18.8 Å². The Hall–Kier alpha value is -3.26. The molecule has 3 N–H and O–H groups in total. The summed E-state index contributed by atoms with van der Waals surface area (Å²) < 4.78 is 15.1. The molecule has 27 heavy (non-hydrogen) atoms. The second kappa shape index (κ2) is 6.81. The molecule has 0 saturated carbocycles. The van der Waals surface area contributed by atoms with Crippen molar-refractivity contribution in [1.82, 2.24) is 24.7 Å². The Bertz CT molecular complexity index is 1130. The fourth-order valence-electron chi connectivity index (χ4n) is 2.72. The maximum Gasteiger partial charge on any atom is 0.225 e. The predicted molar refractivity (Wildman–Crippen MR) is 103 cm³/mol. The number of hydrogen-bond donors (Lipinski definition) is 2. The minimum absolute atomic E-state index is 0.00437. The van der Waals surface area contributed by atoms with Gasteiger partial charge >= 0.3 is 0 Å². The highest BCUT2D eigenvalue weighted by Crippen LogP contribution is 2.32. The number of aromatic nitrogens is 5. The van der Waals surface area contributed by atoms with E-state index in [0.717, 1.165) is 5.69 Å². The Kier molecular flexibility index (Phi) is 4.33. The van der Waals surface area contributed by atoms with E-state index in [1.165, 1.54) is 16.8 Å². The lowest BCUT2D eigenvalue weighted by atomic mass is 10.1. The van der Waals surface area contributed by atoms with Gasteiger partial charge < -0.3 is 11.1 Å². The second-order valence-corrected chi connectivity index (χ2v) is 6.31. The van der Waals surface area contributed by atoms with Crippen molar-refractivity contribution in [1.29, 1.82) is 0 Å². The minimum atomic E-state index is -0.502. The van der Waals surface area contributed by atoms with Gasteiger partial charge in [-0.1, -0.05) is 17.7 Å². The van der Waals surface area contributed by atoms with Gasteiger partial charge in [-0.05, 0) is 30.3 Å². The molecular formula is C18H15ClFN7. The fraction of sp³-hybridized carbons (Fsp3) is 0.111. The highest BCUT2D eigenvalue weighted by Gasteiger charge is 2.18. The molecule has 3 aromatic heterocycles. The zero-order valence-corrected chi connectivity index (χ0v) is 15.1. The van der Waals surface area contributed by atoms with E-state index in [1.807, 2.05) is 18.2 Å². The normalized spacial score (nSPS) is 11.1. The van der Waals surface area contributed by atoms with Crippen LogP contribution in [0.4, 0.5) is 16.2 Å². The van der Waals surface area contributed by atoms with Crippen LogP contribution in [0.5, 0.6) is 0 Å². The van der Waals surface area contributed by atoms with Gasteiger partial charge in [-0.25, -0.2) is 9.37 Å². The number of fused-ring (bicyclic) bond motifs is 1. The SMILES string of the molecule is Cn1nc2nc(NCc3ccccn3)nc(-c3ccc(F)c(Cl)c3)c2c1N. The van der Waals surface area contributed by atoms with Crippen molar-refractivity contribution in [2.24, 2.45) is 7.05 Å². The summed E-state index contributed by atoms with van der Waals surface area (Å²) in [7, 11) is 1.72. The van der Waals surface area contributed by atoms with Gasteiger partial charge in [0.2, 0.25) is 5.95 Å². The molecule has 0 bridgehead atoms. The molecule has 0 spiro atoms. The van der Waals surface area contributed by atoms with Crippen molar-refractivity contribution in [3.8, 4) is 11.3 Å². The number of rotatable bonds is 4. The molecule has 0 aliphatic rings. The third-order valence-electron chi connectivity index (χ3n) is 4.09. The van der Waals surface area contributed by atoms with E-state index in [4.69, 9.17) is 17.3 Å². The Morgan fingerprint density at radius 1 is 1.22 bits per heavy atom. The predicted octanol–water partition coefficient (Wildman–Crippen LogP) is 3.41. The van der Waals surface area contributed by atoms with Crippen LogP contribution < -0.4 is 11.1 Å². The van der Waals surface area contributed by atoms with Gasteiger partial charge in [0.1, 0.15) is 11.6 Å². The molecule has 0 aliphatic heterocycles. The molecular weight excluding hydrogens is 369 g/mol. The Morgan fingerprint density at radius 3 is 2.81 bits per heavy atom. The molecule has 4 rings (SSSR count). The first kappa shape index (κ1) is 17.2. The number of nitrogen functional groups attached to an aromatic ring is 1. The molecule has 0 atom stereocenters. The third kappa shape index (κ3) is 3.26. The number of nitrogens with two attached hydrogens (primary N) is 1. The summed E-state index contributed by atoms with van der Waals surface area (Å²) in [6, 6.07) is 10.0. The average Bonchev–Trinajstić information content (AvgIpc) is 2.96. The molecule has 0 radical (unpaired) electrons. The highest BCUT2D eigenvalue weighted by molar-refractivity contribution is 6.31. The monoisotopic (exact) mass is 383 g/mol. The summed E-state index contributed by atoms with van der Waals surface area (Å²) in [5.74, 6) is 0.275. The van der Waals surface area contributed by atoms with E-state index < -0.39 is 5.82 Å². The maximum atomic E-state index is 13.6. The van der Waals surface area contributed by atoms with Crippen LogP contribution in [-0.4, -0.2) is 24.7 Å². The largest absolute Gasteiger partial charge is 0.383 e. The number of halogens is 2. The van der Waals surface area contributed by atoms with Crippen molar-refractivity contribution in [3.63, 3.8) is 0 Å². The quantitative estimate of drug-likeness (QED) is 0.560. The molecule has 7 nitrogen and oxygen atoms in total. The molecule has 0 unspecified atom stereocenters. The summed E-state index contributed by atoms with van der Waals surface area (Å²) in [5, 5.41) is 8.06. The van der Waals surface area contributed by atoms with Gasteiger partial charge in [0.15, 0.2) is 5.65 Å². The topological polar surface area (TPSA) is 94.5 Å². The van der Waals surface area contributed by atoms with Crippen LogP contribution in [0.1, 0.15) is 5.69 Å². The summed E-state index contributed by atoms with van der Waals surface area (Å²) in [6.07, 6.45) is 1.71. The molecule has 4 aromatic rings. The Morgan fingerprint density at radius 2 is 2.07 bits per heavy atom. The van der Waals surface area contributed by atoms with Crippen molar-refractivity contribution < 1.29 is 4.39 Å². The van der Waals surface area contributed by atoms with Gasteiger partial charge in [-0.2, -0.15) is 10.1 Å². The molecule has 9 heteroatoms. The third-order valence-corrected chi connectivity index (χ3v) is 4.38. The first-order chi connectivity index (χ1) is 13.0. The summed E-state index contributed by atoms with van der Waals surface area (Å²) in [4.78, 5) is 13.3. The molecule has 1 aromatic carbocycles. The zero-order valence-electron chi connectivity index (χ0n) is 14.3.